The van der Waals surface area contributed by atoms with Gasteiger partial charge in [-0.15, -0.1) is 0 Å². The van der Waals surface area contributed by atoms with E-state index in [4.69, 9.17) is 5.73 Å². The number of piperidine rings is 1. The van der Waals surface area contributed by atoms with Gasteiger partial charge in [-0.3, -0.25) is 9.78 Å². The lowest BCUT2D eigenvalue weighted by Gasteiger charge is -2.32. The van der Waals surface area contributed by atoms with Crippen LogP contribution in [-0.2, 0) is 10.0 Å². The fraction of sp³-hybridized carbons (Fsp3) is 0.280. The number of fused-ring (bicyclic) bond motifs is 2. The Morgan fingerprint density at radius 1 is 1.15 bits per heavy atom. The normalized spacial score (nSPS) is 15.8. The topological polar surface area (TPSA) is 121 Å². The molecule has 0 aliphatic carbocycles. The fourth-order valence-corrected chi connectivity index (χ4v) is 6.01. The molecule has 1 fully saturated rings. The van der Waals surface area contributed by atoms with E-state index < -0.39 is 15.9 Å². The van der Waals surface area contributed by atoms with Crippen molar-refractivity contribution in [2.45, 2.75) is 23.7 Å². The largest absolute Gasteiger partial charge is 0.366 e. The molecule has 3 heterocycles. The average Bonchev–Trinajstić information content (AvgIpc) is 3.27. The summed E-state index contributed by atoms with van der Waals surface area (Å²) in [5.41, 5.74) is 8.55. The van der Waals surface area contributed by atoms with Crippen LogP contribution < -0.4 is 10.5 Å². The Hall–Kier alpha value is -3.27. The third kappa shape index (κ3) is 4.42. The van der Waals surface area contributed by atoms with Crippen LogP contribution in [0.2, 0.25) is 0 Å². The number of para-hydroxylation sites is 1. The first-order valence-electron chi connectivity index (χ1n) is 11.4. The molecule has 8 nitrogen and oxygen atoms in total. The predicted molar refractivity (Wildman–Crippen MR) is 132 cm³/mol. The molecule has 1 saturated heterocycles. The molecule has 34 heavy (non-hydrogen) atoms. The van der Waals surface area contributed by atoms with Crippen LogP contribution in [-0.4, -0.2) is 55.4 Å². The van der Waals surface area contributed by atoms with Crippen LogP contribution in [0.15, 0.2) is 65.8 Å². The van der Waals surface area contributed by atoms with Crippen LogP contribution in [0.3, 0.4) is 0 Å². The summed E-state index contributed by atoms with van der Waals surface area (Å²) < 4.78 is 28.5. The van der Waals surface area contributed by atoms with Crippen molar-refractivity contribution in [1.29, 1.82) is 0 Å². The minimum Gasteiger partial charge on any atom is -0.366 e. The van der Waals surface area contributed by atoms with E-state index in [1.165, 1.54) is 5.56 Å². The maximum atomic E-state index is 12.9. The molecule has 4 aromatic rings. The minimum atomic E-state index is -3.64. The molecule has 0 radical (unpaired) electrons. The minimum absolute atomic E-state index is 0.211. The molecule has 9 heteroatoms. The molecule has 0 spiro atoms. The molecular weight excluding hydrogens is 450 g/mol. The third-order valence-corrected chi connectivity index (χ3v) is 8.12. The summed E-state index contributed by atoms with van der Waals surface area (Å²) in [6, 6.07) is 14.4. The van der Waals surface area contributed by atoms with E-state index in [1.54, 1.807) is 36.5 Å². The number of hydrogen-bond donors (Lipinski definition) is 3. The number of H-pyrrole nitrogens is 1. The molecule has 4 N–H and O–H groups in total. The summed E-state index contributed by atoms with van der Waals surface area (Å²) in [5.74, 6) is -0.0124. The fourth-order valence-electron chi connectivity index (χ4n) is 4.82. The van der Waals surface area contributed by atoms with Crippen molar-refractivity contribution in [3.63, 3.8) is 0 Å². The third-order valence-electron chi connectivity index (χ3n) is 6.63. The lowest BCUT2D eigenvalue weighted by atomic mass is 9.89. The highest BCUT2D eigenvalue weighted by Gasteiger charge is 2.24. The number of hydrogen-bond acceptors (Lipinski definition) is 5. The summed E-state index contributed by atoms with van der Waals surface area (Å²) in [7, 11) is -3.64. The summed E-state index contributed by atoms with van der Waals surface area (Å²) in [6.07, 6.45) is 5.62. The summed E-state index contributed by atoms with van der Waals surface area (Å²) in [4.78, 5) is 21.5. The highest BCUT2D eigenvalue weighted by molar-refractivity contribution is 7.89. The Bertz CT molecular complexity index is 1450. The van der Waals surface area contributed by atoms with E-state index in [-0.39, 0.29) is 4.90 Å². The van der Waals surface area contributed by atoms with Crippen LogP contribution in [0.4, 0.5) is 0 Å². The Labute approximate surface area is 198 Å². The van der Waals surface area contributed by atoms with Crippen LogP contribution in [0, 0.1) is 0 Å². The second kappa shape index (κ2) is 9.17. The second-order valence-corrected chi connectivity index (χ2v) is 10.4. The zero-order valence-corrected chi connectivity index (χ0v) is 19.5. The van der Waals surface area contributed by atoms with E-state index in [2.05, 4.69) is 19.6 Å². The first-order chi connectivity index (χ1) is 16.4. The van der Waals surface area contributed by atoms with Gasteiger partial charge in [0.25, 0.3) is 0 Å². The van der Waals surface area contributed by atoms with Crippen molar-refractivity contribution < 1.29 is 13.2 Å². The van der Waals surface area contributed by atoms with Crippen molar-refractivity contribution in [3.05, 3.63) is 72.1 Å². The van der Waals surface area contributed by atoms with Gasteiger partial charge in [-0.05, 0) is 61.7 Å². The van der Waals surface area contributed by atoms with E-state index in [0.717, 1.165) is 42.2 Å². The Morgan fingerprint density at radius 2 is 1.94 bits per heavy atom. The van der Waals surface area contributed by atoms with Gasteiger partial charge in [0.1, 0.15) is 4.90 Å². The predicted octanol–water partition coefficient (Wildman–Crippen LogP) is 2.97. The number of carbonyl (C=O) groups is 1. The number of benzene rings is 2. The van der Waals surface area contributed by atoms with E-state index in [9.17, 15) is 13.2 Å². The highest BCUT2D eigenvalue weighted by atomic mass is 32.2. The van der Waals surface area contributed by atoms with Gasteiger partial charge in [0.15, 0.2) is 0 Å². The number of pyridine rings is 1. The maximum absolute atomic E-state index is 12.9. The molecule has 0 saturated carbocycles. The Kier molecular flexibility index (Phi) is 6.07. The van der Waals surface area contributed by atoms with E-state index in [1.807, 2.05) is 24.4 Å². The highest BCUT2D eigenvalue weighted by Crippen LogP contribution is 2.33. The first-order valence-corrected chi connectivity index (χ1v) is 12.9. The average molecular weight is 478 g/mol. The molecule has 1 amide bonds. The van der Waals surface area contributed by atoms with Gasteiger partial charge in [-0.2, -0.15) is 0 Å². The summed E-state index contributed by atoms with van der Waals surface area (Å²) in [5, 5.41) is 1.93. The van der Waals surface area contributed by atoms with E-state index >= 15 is 0 Å². The van der Waals surface area contributed by atoms with Crippen molar-refractivity contribution in [3.8, 4) is 0 Å². The van der Waals surface area contributed by atoms with Crippen molar-refractivity contribution >= 4 is 37.7 Å². The van der Waals surface area contributed by atoms with Crippen LogP contribution in [0.1, 0.15) is 34.7 Å². The maximum Gasteiger partial charge on any atom is 0.248 e. The molecule has 5 rings (SSSR count). The number of primary amides is 1. The molecule has 2 aromatic carbocycles. The lowest BCUT2D eigenvalue weighted by molar-refractivity contribution is 0.100. The number of likely N-dealkylation sites (tertiary alicyclic amines) is 1. The van der Waals surface area contributed by atoms with Gasteiger partial charge in [-0.25, -0.2) is 13.1 Å². The van der Waals surface area contributed by atoms with Gasteiger partial charge in [-0.1, -0.05) is 24.3 Å². The van der Waals surface area contributed by atoms with Gasteiger partial charge in [0.2, 0.25) is 15.9 Å². The van der Waals surface area contributed by atoms with Gasteiger partial charge in [0.05, 0.1) is 5.52 Å². The number of sulfonamides is 1. The molecular formula is C25H27N5O3S. The number of carbonyl (C=O) groups excluding carboxylic acids is 1. The molecule has 0 bridgehead atoms. The van der Waals surface area contributed by atoms with E-state index in [0.29, 0.717) is 30.1 Å². The van der Waals surface area contributed by atoms with Crippen LogP contribution >= 0.6 is 0 Å². The molecule has 176 valence electrons. The second-order valence-electron chi connectivity index (χ2n) is 8.71. The summed E-state index contributed by atoms with van der Waals surface area (Å²) in [6.45, 7) is 2.79. The number of nitrogens with two attached hydrogens (primary N) is 1. The lowest BCUT2D eigenvalue weighted by Crippen LogP contribution is -2.39. The molecule has 2 aromatic heterocycles. The molecule has 1 aliphatic rings. The zero-order valence-electron chi connectivity index (χ0n) is 18.7. The molecule has 1 aliphatic heterocycles. The summed E-state index contributed by atoms with van der Waals surface area (Å²) >= 11 is 0. The smallest absolute Gasteiger partial charge is 0.248 e. The molecule has 0 atom stereocenters. The number of nitrogens with zero attached hydrogens (tertiary/aromatic N) is 2. The molecule has 0 unspecified atom stereocenters. The quantitative estimate of drug-likeness (QED) is 0.378. The van der Waals surface area contributed by atoms with Crippen molar-refractivity contribution in [1.82, 2.24) is 19.6 Å². The standard InChI is InChI=1S/C25H27N5O3S/c26-25(31)19-6-7-20-21(16-28-22(20)15-19)17-8-12-30(13-9-17)14-11-29-34(32,33)23-5-1-3-18-4-2-10-27-24(18)23/h1-7,10,15-17,28-29H,8-9,11-14H2,(H2,26,31). The number of amides is 1. The Morgan fingerprint density at radius 3 is 2.74 bits per heavy atom. The number of aromatic nitrogens is 2. The van der Waals surface area contributed by atoms with Crippen molar-refractivity contribution in [2.24, 2.45) is 5.73 Å². The monoisotopic (exact) mass is 477 g/mol. The van der Waals surface area contributed by atoms with Gasteiger partial charge >= 0.3 is 0 Å². The van der Waals surface area contributed by atoms with Crippen LogP contribution in [0.5, 0.6) is 0 Å². The Balaban J connectivity index is 1.18. The van der Waals surface area contributed by atoms with Gasteiger partial charge < -0.3 is 15.6 Å². The number of rotatable bonds is 7. The van der Waals surface area contributed by atoms with Gasteiger partial charge in [0, 0.05) is 47.3 Å². The zero-order chi connectivity index (χ0) is 23.7. The van der Waals surface area contributed by atoms with Crippen molar-refractivity contribution in [2.75, 3.05) is 26.2 Å². The first kappa shape index (κ1) is 22.5. The number of aromatic amines is 1. The number of nitrogens with one attached hydrogen (secondary N) is 2. The SMILES string of the molecule is NC(=O)c1ccc2c(C3CCN(CCNS(=O)(=O)c4cccc5cccnc45)CC3)c[nH]c2c1. The van der Waals surface area contributed by atoms with Crippen LogP contribution in [0.25, 0.3) is 21.8 Å².